The van der Waals surface area contributed by atoms with E-state index in [1.807, 2.05) is 7.05 Å². The van der Waals surface area contributed by atoms with Crippen molar-refractivity contribution >= 4 is 0 Å². The third kappa shape index (κ3) is 3.11. The number of hydrogen-bond acceptors (Lipinski definition) is 3. The van der Waals surface area contributed by atoms with Crippen LogP contribution in [0.2, 0.25) is 0 Å². The van der Waals surface area contributed by atoms with Gasteiger partial charge in [-0.3, -0.25) is 4.79 Å². The molecule has 118 valence electrons. The Morgan fingerprint density at radius 2 is 2.14 bits per heavy atom. The lowest BCUT2D eigenvalue weighted by molar-refractivity contribution is 0.155. The average Bonchev–Trinajstić information content (AvgIpc) is 2.92. The van der Waals surface area contributed by atoms with Gasteiger partial charge in [-0.05, 0) is 50.6 Å². The number of nitrogens with one attached hydrogen (secondary N) is 1. The Morgan fingerprint density at radius 1 is 1.32 bits per heavy atom. The first kappa shape index (κ1) is 15.0. The van der Waals surface area contributed by atoms with Crippen LogP contribution in [0.25, 0.3) is 0 Å². The Hall–Kier alpha value is -1.95. The number of aromatic amines is 1. The lowest BCUT2D eigenvalue weighted by Gasteiger charge is -2.36. The van der Waals surface area contributed by atoms with Crippen molar-refractivity contribution in [1.82, 2.24) is 10.1 Å². The van der Waals surface area contributed by atoms with Crippen LogP contribution in [0, 0.1) is 11.6 Å². The highest BCUT2D eigenvalue weighted by atomic mass is 19.2. The fourth-order valence-corrected chi connectivity index (χ4v) is 3.10. The van der Waals surface area contributed by atoms with Crippen LogP contribution in [0.1, 0.15) is 30.1 Å². The van der Waals surface area contributed by atoms with Crippen molar-refractivity contribution in [3.05, 3.63) is 57.6 Å². The molecule has 2 atom stereocenters. The summed E-state index contributed by atoms with van der Waals surface area (Å²) in [5.74, 6) is -0.796. The van der Waals surface area contributed by atoms with Crippen LogP contribution in [-0.4, -0.2) is 29.7 Å². The molecule has 0 amide bonds. The Kier molecular flexibility index (Phi) is 4.11. The van der Waals surface area contributed by atoms with E-state index in [4.69, 9.17) is 4.52 Å². The molecule has 0 saturated carbocycles. The topological polar surface area (TPSA) is 49.2 Å². The maximum atomic E-state index is 13.3. The summed E-state index contributed by atoms with van der Waals surface area (Å²) in [7, 11) is 2.02. The zero-order chi connectivity index (χ0) is 15.7. The molecular formula is C16H18F2N2O2. The molecule has 3 rings (SSSR count). The van der Waals surface area contributed by atoms with Crippen molar-refractivity contribution in [2.24, 2.45) is 0 Å². The SMILES string of the molecule is CN1CC[C@H](c2cc(=O)[nH]o2)C[C@@H]1Cc1ccc(F)c(F)c1. The van der Waals surface area contributed by atoms with Crippen LogP contribution in [-0.2, 0) is 6.42 Å². The summed E-state index contributed by atoms with van der Waals surface area (Å²) in [5.41, 5.74) is 0.540. The number of likely N-dealkylation sites (N-methyl/N-ethyl adjacent to an activating group) is 1. The smallest absolute Gasteiger partial charge is 0.280 e. The second-order valence-corrected chi connectivity index (χ2v) is 5.92. The third-order valence-corrected chi connectivity index (χ3v) is 4.41. The van der Waals surface area contributed by atoms with E-state index < -0.39 is 11.6 Å². The van der Waals surface area contributed by atoms with Gasteiger partial charge in [-0.1, -0.05) is 6.07 Å². The minimum atomic E-state index is -0.826. The molecule has 22 heavy (non-hydrogen) atoms. The molecule has 1 N–H and O–H groups in total. The molecule has 0 bridgehead atoms. The summed E-state index contributed by atoms with van der Waals surface area (Å²) < 4.78 is 31.5. The summed E-state index contributed by atoms with van der Waals surface area (Å²) in [5, 5.41) is 2.32. The number of hydrogen-bond donors (Lipinski definition) is 1. The molecule has 1 aliphatic rings. The van der Waals surface area contributed by atoms with Crippen molar-refractivity contribution in [1.29, 1.82) is 0 Å². The standard InChI is InChI=1S/C16H18F2N2O2/c1-20-5-4-11(15-9-16(21)19-22-15)8-12(20)6-10-2-3-13(17)14(18)7-10/h2-3,7,9,11-12H,4-6,8H2,1H3,(H,19,21)/t11-,12-/m0/s1. The molecule has 4 nitrogen and oxygen atoms in total. The molecule has 1 fully saturated rings. The molecule has 0 aliphatic carbocycles. The summed E-state index contributed by atoms with van der Waals surface area (Å²) in [6, 6.07) is 5.72. The van der Waals surface area contributed by atoms with Crippen LogP contribution in [0.5, 0.6) is 0 Å². The normalized spacial score (nSPS) is 22.9. The molecule has 2 aromatic rings. The van der Waals surface area contributed by atoms with Gasteiger partial charge in [0, 0.05) is 18.0 Å². The molecule has 0 radical (unpaired) electrons. The van der Waals surface area contributed by atoms with E-state index in [2.05, 4.69) is 10.1 Å². The van der Waals surface area contributed by atoms with E-state index in [0.717, 1.165) is 31.0 Å². The first-order chi connectivity index (χ1) is 10.5. The lowest BCUT2D eigenvalue weighted by atomic mass is 9.86. The molecule has 0 spiro atoms. The summed E-state index contributed by atoms with van der Waals surface area (Å²) in [6.07, 6.45) is 2.36. The predicted octanol–water partition coefficient (Wildman–Crippen LogP) is 2.67. The van der Waals surface area contributed by atoms with Crippen LogP contribution in [0.15, 0.2) is 33.6 Å². The van der Waals surface area contributed by atoms with Gasteiger partial charge in [-0.15, -0.1) is 0 Å². The summed E-state index contributed by atoms with van der Waals surface area (Å²) >= 11 is 0. The fourth-order valence-electron chi connectivity index (χ4n) is 3.10. The van der Waals surface area contributed by atoms with Gasteiger partial charge in [0.25, 0.3) is 5.56 Å². The van der Waals surface area contributed by atoms with Crippen LogP contribution in [0.4, 0.5) is 8.78 Å². The number of likely N-dealkylation sites (tertiary alicyclic amines) is 1. The maximum Gasteiger partial charge on any atom is 0.280 e. The van der Waals surface area contributed by atoms with E-state index >= 15 is 0 Å². The summed E-state index contributed by atoms with van der Waals surface area (Å²) in [4.78, 5) is 13.4. The van der Waals surface area contributed by atoms with Gasteiger partial charge in [0.15, 0.2) is 11.6 Å². The Balaban J connectivity index is 1.73. The molecule has 1 aliphatic heterocycles. The fraction of sp³-hybridized carbons (Fsp3) is 0.438. The van der Waals surface area contributed by atoms with Gasteiger partial charge in [-0.25, -0.2) is 8.78 Å². The molecule has 2 heterocycles. The molecule has 1 aromatic carbocycles. The zero-order valence-electron chi connectivity index (χ0n) is 12.3. The van der Waals surface area contributed by atoms with Crippen LogP contribution in [0.3, 0.4) is 0 Å². The monoisotopic (exact) mass is 308 g/mol. The van der Waals surface area contributed by atoms with Crippen LogP contribution >= 0.6 is 0 Å². The van der Waals surface area contributed by atoms with Crippen molar-refractivity contribution < 1.29 is 13.3 Å². The number of halogens is 2. The minimum Gasteiger partial charge on any atom is -0.383 e. The van der Waals surface area contributed by atoms with Crippen molar-refractivity contribution in [3.8, 4) is 0 Å². The second kappa shape index (κ2) is 6.04. The number of nitrogens with zero attached hydrogens (tertiary/aromatic N) is 1. The molecule has 1 saturated heterocycles. The Labute approximate surface area is 126 Å². The van der Waals surface area contributed by atoms with Gasteiger partial charge in [0.05, 0.1) is 0 Å². The maximum absolute atomic E-state index is 13.3. The van der Waals surface area contributed by atoms with E-state index in [1.54, 1.807) is 6.07 Å². The number of piperidine rings is 1. The van der Waals surface area contributed by atoms with Crippen LogP contribution < -0.4 is 5.56 Å². The largest absolute Gasteiger partial charge is 0.383 e. The van der Waals surface area contributed by atoms with E-state index in [9.17, 15) is 13.6 Å². The second-order valence-electron chi connectivity index (χ2n) is 5.92. The van der Waals surface area contributed by atoms with E-state index in [1.165, 1.54) is 12.1 Å². The average molecular weight is 308 g/mol. The highest BCUT2D eigenvalue weighted by Crippen LogP contribution is 2.31. The highest BCUT2D eigenvalue weighted by molar-refractivity contribution is 5.19. The van der Waals surface area contributed by atoms with Gasteiger partial charge >= 0.3 is 0 Å². The molecule has 6 heteroatoms. The van der Waals surface area contributed by atoms with Gasteiger partial charge in [-0.2, -0.15) is 5.16 Å². The number of aromatic nitrogens is 1. The Morgan fingerprint density at radius 3 is 2.82 bits per heavy atom. The quantitative estimate of drug-likeness (QED) is 0.948. The first-order valence-corrected chi connectivity index (χ1v) is 7.35. The molecule has 1 aromatic heterocycles. The summed E-state index contributed by atoms with van der Waals surface area (Å²) in [6.45, 7) is 0.869. The molecule has 0 unspecified atom stereocenters. The number of H-pyrrole nitrogens is 1. The third-order valence-electron chi connectivity index (χ3n) is 4.41. The lowest BCUT2D eigenvalue weighted by Crippen LogP contribution is -2.40. The van der Waals surface area contributed by atoms with Crippen molar-refractivity contribution in [2.45, 2.75) is 31.2 Å². The predicted molar refractivity (Wildman–Crippen MR) is 77.8 cm³/mol. The number of benzene rings is 1. The zero-order valence-corrected chi connectivity index (χ0v) is 12.3. The molecular weight excluding hydrogens is 290 g/mol. The van der Waals surface area contributed by atoms with Gasteiger partial charge in [0.1, 0.15) is 5.76 Å². The minimum absolute atomic E-state index is 0.172. The van der Waals surface area contributed by atoms with Crippen molar-refractivity contribution in [2.75, 3.05) is 13.6 Å². The Bertz CT molecular complexity index is 710. The number of rotatable bonds is 3. The first-order valence-electron chi connectivity index (χ1n) is 7.35. The van der Waals surface area contributed by atoms with E-state index in [0.29, 0.717) is 12.2 Å². The van der Waals surface area contributed by atoms with Crippen molar-refractivity contribution in [3.63, 3.8) is 0 Å². The van der Waals surface area contributed by atoms with E-state index in [-0.39, 0.29) is 17.5 Å². The van der Waals surface area contributed by atoms with Gasteiger partial charge < -0.3 is 9.42 Å². The van der Waals surface area contributed by atoms with Gasteiger partial charge in [0.2, 0.25) is 0 Å². The highest BCUT2D eigenvalue weighted by Gasteiger charge is 2.29.